The maximum absolute atomic E-state index is 13.5. The van der Waals surface area contributed by atoms with Crippen LogP contribution in [0.5, 0.6) is 0 Å². The Balaban J connectivity index is 1.41. The van der Waals surface area contributed by atoms with E-state index in [9.17, 15) is 13.6 Å². The lowest BCUT2D eigenvalue weighted by Gasteiger charge is -2.14. The molecular formula is C18H18F2N4O3. The molecule has 1 saturated carbocycles. The number of rotatable bonds is 7. The van der Waals surface area contributed by atoms with Crippen LogP contribution in [0, 0.1) is 0 Å². The van der Waals surface area contributed by atoms with Crippen molar-refractivity contribution in [3.8, 4) is 0 Å². The first kappa shape index (κ1) is 17.6. The Hall–Kier alpha value is -2.84. The smallest absolute Gasteiger partial charge is 0.320 e. The van der Waals surface area contributed by atoms with E-state index < -0.39 is 18.6 Å². The number of halogens is 2. The number of imidazole rings is 1. The number of alkyl halides is 2. The summed E-state index contributed by atoms with van der Waals surface area (Å²) < 4.78 is 38.2. The molecule has 0 bridgehead atoms. The van der Waals surface area contributed by atoms with Crippen LogP contribution in [0.25, 0.3) is 11.0 Å². The Morgan fingerprint density at radius 2 is 2.11 bits per heavy atom. The average molecular weight is 376 g/mol. The summed E-state index contributed by atoms with van der Waals surface area (Å²) in [6.45, 7) is -1.26. The van der Waals surface area contributed by atoms with Crippen LogP contribution in [0.1, 0.15) is 62.3 Å². The molecule has 2 aromatic heterocycles. The number of carbonyl (C=O) groups excluding carboxylic acids is 1. The van der Waals surface area contributed by atoms with E-state index in [1.807, 2.05) is 0 Å². The van der Waals surface area contributed by atoms with Crippen molar-refractivity contribution in [3.63, 3.8) is 0 Å². The molecule has 0 radical (unpaired) electrons. The van der Waals surface area contributed by atoms with E-state index in [0.717, 1.165) is 17.4 Å². The third-order valence-electron chi connectivity index (χ3n) is 4.46. The average Bonchev–Trinajstić information content (AvgIpc) is 3.25. The molecule has 4 rings (SSSR count). The van der Waals surface area contributed by atoms with E-state index in [1.54, 1.807) is 24.3 Å². The van der Waals surface area contributed by atoms with Crippen LogP contribution in [0.4, 0.5) is 8.78 Å². The number of aromatic nitrogens is 4. The van der Waals surface area contributed by atoms with Crippen LogP contribution < -0.4 is 0 Å². The first-order valence-electron chi connectivity index (χ1n) is 8.80. The van der Waals surface area contributed by atoms with Crippen LogP contribution in [-0.4, -0.2) is 25.7 Å². The van der Waals surface area contributed by atoms with Gasteiger partial charge in [-0.05, 0) is 31.9 Å². The number of hydrogen-bond donors (Lipinski definition) is 0. The molecule has 3 aromatic rings. The van der Waals surface area contributed by atoms with E-state index in [1.165, 1.54) is 6.92 Å². The van der Waals surface area contributed by atoms with Gasteiger partial charge in [0.25, 0.3) is 0 Å². The van der Waals surface area contributed by atoms with E-state index in [-0.39, 0.29) is 18.7 Å². The van der Waals surface area contributed by atoms with Gasteiger partial charge in [-0.25, -0.2) is 4.98 Å². The number of para-hydroxylation sites is 2. The second-order valence-electron chi connectivity index (χ2n) is 6.56. The second kappa shape index (κ2) is 7.05. The van der Waals surface area contributed by atoms with Gasteiger partial charge in [0.15, 0.2) is 17.8 Å². The number of esters is 1. The van der Waals surface area contributed by atoms with Gasteiger partial charge in [0, 0.05) is 12.3 Å². The molecule has 1 aliphatic carbocycles. The number of ether oxygens (including phenoxy) is 1. The quantitative estimate of drug-likeness (QED) is 0.581. The summed E-state index contributed by atoms with van der Waals surface area (Å²) in [6.07, 6.45) is 1.47. The third-order valence-corrected chi connectivity index (χ3v) is 4.46. The maximum atomic E-state index is 13.5. The minimum absolute atomic E-state index is 0.00774. The normalized spacial score (nSPS) is 15.4. The summed E-state index contributed by atoms with van der Waals surface area (Å²) in [5, 5.41) is 3.89. The van der Waals surface area contributed by atoms with Crippen LogP contribution >= 0.6 is 0 Å². The first-order valence-corrected chi connectivity index (χ1v) is 8.80. The highest BCUT2D eigenvalue weighted by atomic mass is 19.3. The largest absolute Gasteiger partial charge is 0.454 e. The van der Waals surface area contributed by atoms with Gasteiger partial charge in [-0.3, -0.25) is 9.36 Å². The highest BCUT2D eigenvalue weighted by Crippen LogP contribution is 2.38. The molecule has 0 aliphatic heterocycles. The Morgan fingerprint density at radius 1 is 1.33 bits per heavy atom. The fourth-order valence-electron chi connectivity index (χ4n) is 2.95. The van der Waals surface area contributed by atoms with E-state index >= 15 is 0 Å². The van der Waals surface area contributed by atoms with E-state index in [0.29, 0.717) is 28.7 Å². The topological polar surface area (TPSA) is 83.0 Å². The number of aryl methyl sites for hydroxylation is 1. The predicted molar refractivity (Wildman–Crippen MR) is 90.1 cm³/mol. The lowest BCUT2D eigenvalue weighted by molar-refractivity contribution is -0.149. The molecular weight excluding hydrogens is 358 g/mol. The van der Waals surface area contributed by atoms with Crippen molar-refractivity contribution in [3.05, 3.63) is 41.8 Å². The predicted octanol–water partition coefficient (Wildman–Crippen LogP) is 3.93. The molecule has 0 N–H and O–H groups in total. The minimum Gasteiger partial charge on any atom is -0.454 e. The zero-order valence-electron chi connectivity index (χ0n) is 14.6. The van der Waals surface area contributed by atoms with Gasteiger partial charge in [0.05, 0.1) is 17.5 Å². The molecule has 2 heterocycles. The Bertz CT molecular complexity index is 965. The summed E-state index contributed by atoms with van der Waals surface area (Å²) in [5.74, 6) is 0.894. The molecule has 1 fully saturated rings. The Morgan fingerprint density at radius 3 is 2.85 bits per heavy atom. The fourth-order valence-corrected chi connectivity index (χ4v) is 2.95. The third kappa shape index (κ3) is 3.67. The molecule has 0 unspecified atom stereocenters. The van der Waals surface area contributed by atoms with Crippen molar-refractivity contribution >= 4 is 17.0 Å². The summed E-state index contributed by atoms with van der Waals surface area (Å²) >= 11 is 0. The molecule has 1 aromatic carbocycles. The van der Waals surface area contributed by atoms with Gasteiger partial charge in [-0.15, -0.1) is 0 Å². The van der Waals surface area contributed by atoms with Gasteiger partial charge in [-0.1, -0.05) is 17.3 Å². The summed E-state index contributed by atoms with van der Waals surface area (Å²) in [5.41, 5.74) is 0.720. The number of nitrogens with zero attached hydrogens (tertiary/aromatic N) is 4. The molecule has 7 nitrogen and oxygen atoms in total. The van der Waals surface area contributed by atoms with Crippen molar-refractivity contribution in [2.45, 2.75) is 51.2 Å². The molecule has 0 saturated heterocycles. The summed E-state index contributed by atoms with van der Waals surface area (Å²) in [6, 6.07) is 6.56. The lowest BCUT2D eigenvalue weighted by atomic mass is 10.3. The van der Waals surface area contributed by atoms with Crippen molar-refractivity contribution in [2.24, 2.45) is 0 Å². The van der Waals surface area contributed by atoms with Crippen molar-refractivity contribution in [1.82, 2.24) is 19.7 Å². The molecule has 142 valence electrons. The Kier molecular flexibility index (Phi) is 4.59. The van der Waals surface area contributed by atoms with Crippen LogP contribution in [0.2, 0.25) is 0 Å². The van der Waals surface area contributed by atoms with Gasteiger partial charge < -0.3 is 9.26 Å². The molecule has 1 atom stereocenters. The van der Waals surface area contributed by atoms with Crippen LogP contribution in [0.3, 0.4) is 0 Å². The minimum atomic E-state index is -2.78. The van der Waals surface area contributed by atoms with Gasteiger partial charge >= 0.3 is 12.5 Å². The van der Waals surface area contributed by atoms with E-state index in [2.05, 4.69) is 15.1 Å². The second-order valence-corrected chi connectivity index (χ2v) is 6.56. The van der Waals surface area contributed by atoms with Crippen LogP contribution in [-0.2, 0) is 16.0 Å². The molecule has 1 aliphatic rings. The monoisotopic (exact) mass is 376 g/mol. The molecule has 0 spiro atoms. The number of hydrogen-bond acceptors (Lipinski definition) is 6. The number of benzene rings is 1. The molecule has 27 heavy (non-hydrogen) atoms. The van der Waals surface area contributed by atoms with Gasteiger partial charge in [-0.2, -0.15) is 13.8 Å². The fraction of sp³-hybridized carbons (Fsp3) is 0.444. The van der Waals surface area contributed by atoms with E-state index in [4.69, 9.17) is 9.26 Å². The van der Waals surface area contributed by atoms with Gasteiger partial charge in [0.1, 0.15) is 0 Å². The highest BCUT2D eigenvalue weighted by Gasteiger charge is 2.29. The van der Waals surface area contributed by atoms with Gasteiger partial charge in [0.2, 0.25) is 5.89 Å². The number of carbonyl (C=O) groups is 1. The molecule has 9 heteroatoms. The zero-order chi connectivity index (χ0) is 19.0. The van der Waals surface area contributed by atoms with Crippen molar-refractivity contribution in [1.29, 1.82) is 0 Å². The highest BCUT2D eigenvalue weighted by molar-refractivity contribution is 5.76. The van der Waals surface area contributed by atoms with Crippen molar-refractivity contribution < 1.29 is 22.8 Å². The molecule has 0 amide bonds. The number of fused-ring (bicyclic) bond motifs is 1. The maximum Gasteiger partial charge on any atom is 0.320 e. The SMILES string of the molecule is C[C@@H](OC(=O)CCc1nc(C2CC2)no1)c1nc2ccccc2n1C(F)F. The zero-order valence-corrected chi connectivity index (χ0v) is 14.6. The van der Waals surface area contributed by atoms with Crippen molar-refractivity contribution in [2.75, 3.05) is 0 Å². The summed E-state index contributed by atoms with van der Waals surface area (Å²) in [7, 11) is 0. The Labute approximate surface area is 153 Å². The summed E-state index contributed by atoms with van der Waals surface area (Å²) in [4.78, 5) is 20.6. The lowest BCUT2D eigenvalue weighted by Crippen LogP contribution is -2.15. The van der Waals surface area contributed by atoms with Crippen LogP contribution in [0.15, 0.2) is 28.8 Å². The standard InChI is InChI=1S/C18H18F2N4O3/c1-10(17-21-12-4-2-3-5-13(12)24(17)18(19)20)26-15(25)9-8-14-22-16(23-27-14)11-6-7-11/h2-5,10-11,18H,6-9H2,1H3/t10-/m1/s1. The first-order chi connectivity index (χ1) is 13.0.